The summed E-state index contributed by atoms with van der Waals surface area (Å²) in [6.07, 6.45) is 1.57. The summed E-state index contributed by atoms with van der Waals surface area (Å²) in [6, 6.07) is 27.3. The van der Waals surface area contributed by atoms with Gasteiger partial charge in [-0.2, -0.15) is 5.06 Å². The molecule has 6 rings (SSSR count). The Morgan fingerprint density at radius 2 is 1.26 bits per heavy atom. The normalized spacial score (nSPS) is 14.5. The lowest BCUT2D eigenvalue weighted by molar-refractivity contribution is -0.0710. The Morgan fingerprint density at radius 1 is 0.783 bits per heavy atom. The molecule has 0 saturated heterocycles. The molecule has 0 spiro atoms. The minimum Gasteiger partial charge on any atom is -0.497 e. The molecule has 2 aliphatic heterocycles. The van der Waals surface area contributed by atoms with Crippen molar-refractivity contribution in [3.63, 3.8) is 0 Å². The first-order chi connectivity index (χ1) is 22.2. The van der Waals surface area contributed by atoms with E-state index in [9.17, 15) is 15.1 Å². The fraction of sp³-hybridized carbons (Fsp3) is 0.324. The minimum atomic E-state index is -0.854. The molecule has 2 unspecified atom stereocenters. The number of benzene rings is 4. The van der Waals surface area contributed by atoms with Crippen molar-refractivity contribution in [2.45, 2.75) is 51.9 Å². The number of aliphatic hydroxyl groups is 1. The van der Waals surface area contributed by atoms with Gasteiger partial charge in [0.15, 0.2) is 0 Å². The van der Waals surface area contributed by atoms with Crippen molar-refractivity contribution < 1.29 is 24.6 Å². The molecule has 242 valence electrons. The number of nitrogens with zero attached hydrogens (tertiary/aromatic N) is 3. The van der Waals surface area contributed by atoms with Crippen LogP contribution in [0.25, 0.3) is 0 Å². The van der Waals surface area contributed by atoms with Gasteiger partial charge in [-0.3, -0.25) is 5.21 Å². The summed E-state index contributed by atoms with van der Waals surface area (Å²) in [5.74, 6) is 1.76. The van der Waals surface area contributed by atoms with Gasteiger partial charge in [0, 0.05) is 37.6 Å². The molecular formula is C37H44N4O5. The van der Waals surface area contributed by atoms with Crippen molar-refractivity contribution in [3.05, 3.63) is 118 Å². The first-order valence-electron chi connectivity index (χ1n) is 15.6. The zero-order valence-electron chi connectivity index (χ0n) is 27.0. The highest BCUT2D eigenvalue weighted by Crippen LogP contribution is 2.34. The van der Waals surface area contributed by atoms with Crippen LogP contribution >= 0.6 is 0 Å². The van der Waals surface area contributed by atoms with Gasteiger partial charge in [-0.25, -0.2) is 4.79 Å². The Bertz CT molecular complexity index is 1660. The van der Waals surface area contributed by atoms with E-state index in [2.05, 4.69) is 40.1 Å². The molecule has 4 aromatic carbocycles. The van der Waals surface area contributed by atoms with Crippen LogP contribution in [0.2, 0.25) is 0 Å². The first-order valence-corrected chi connectivity index (χ1v) is 15.6. The van der Waals surface area contributed by atoms with E-state index < -0.39 is 18.2 Å². The molecule has 0 fully saturated rings. The Labute approximate surface area is 271 Å². The maximum absolute atomic E-state index is 11.1. The first kappa shape index (κ1) is 32.7. The summed E-state index contributed by atoms with van der Waals surface area (Å²) in [6.45, 7) is 7.21. The molecule has 46 heavy (non-hydrogen) atoms. The maximum atomic E-state index is 11.1. The number of aliphatic hydroxyl groups excluding tert-OH is 1. The van der Waals surface area contributed by atoms with E-state index in [0.29, 0.717) is 5.06 Å². The lowest BCUT2D eigenvalue weighted by Gasteiger charge is -2.23. The van der Waals surface area contributed by atoms with E-state index in [0.717, 1.165) is 61.6 Å². The van der Waals surface area contributed by atoms with Crippen LogP contribution < -0.4 is 25.0 Å². The number of methoxy groups -OCH3 is 2. The van der Waals surface area contributed by atoms with Gasteiger partial charge in [0.05, 0.1) is 26.4 Å². The molecule has 2 heterocycles. The average molecular weight is 625 g/mol. The molecule has 0 aliphatic carbocycles. The third-order valence-corrected chi connectivity index (χ3v) is 8.76. The Balaban J connectivity index is 0.000000184. The van der Waals surface area contributed by atoms with Crippen LogP contribution in [0, 0.1) is 0 Å². The molecule has 0 aromatic heterocycles. The molecular weight excluding hydrogens is 580 g/mol. The van der Waals surface area contributed by atoms with E-state index in [1.165, 1.54) is 33.6 Å². The number of primary amides is 1. The highest BCUT2D eigenvalue weighted by atomic mass is 16.5. The Morgan fingerprint density at radius 3 is 1.72 bits per heavy atom. The van der Waals surface area contributed by atoms with Gasteiger partial charge in [-0.1, -0.05) is 48.5 Å². The Hall–Kier alpha value is -4.73. The van der Waals surface area contributed by atoms with Crippen LogP contribution in [0.1, 0.15) is 59.4 Å². The van der Waals surface area contributed by atoms with Gasteiger partial charge < -0.3 is 30.1 Å². The summed E-state index contributed by atoms with van der Waals surface area (Å²) >= 11 is 0. The summed E-state index contributed by atoms with van der Waals surface area (Å²) in [4.78, 5) is 15.8. The van der Waals surface area contributed by atoms with Gasteiger partial charge in [-0.15, -0.1) is 0 Å². The van der Waals surface area contributed by atoms with Crippen molar-refractivity contribution in [2.24, 2.45) is 5.73 Å². The Kier molecular flexibility index (Phi) is 10.3. The number of carbonyl (C=O) groups excluding carboxylic acids is 1. The van der Waals surface area contributed by atoms with Crippen LogP contribution in [0.5, 0.6) is 11.5 Å². The number of anilines is 2. The second-order valence-corrected chi connectivity index (χ2v) is 11.9. The van der Waals surface area contributed by atoms with Crippen LogP contribution in [-0.2, 0) is 25.9 Å². The molecule has 9 nitrogen and oxygen atoms in total. The summed E-state index contributed by atoms with van der Waals surface area (Å²) in [7, 11) is 3.37. The van der Waals surface area contributed by atoms with Crippen LogP contribution in [0.4, 0.5) is 16.2 Å². The molecule has 2 amide bonds. The maximum Gasteiger partial charge on any atom is 0.339 e. The molecule has 4 aromatic rings. The van der Waals surface area contributed by atoms with Crippen molar-refractivity contribution >= 4 is 17.4 Å². The lowest BCUT2D eigenvalue weighted by Crippen LogP contribution is -2.34. The second-order valence-electron chi connectivity index (χ2n) is 11.9. The van der Waals surface area contributed by atoms with E-state index in [4.69, 9.17) is 15.2 Å². The molecule has 0 saturated carbocycles. The van der Waals surface area contributed by atoms with Gasteiger partial charge >= 0.3 is 6.03 Å². The van der Waals surface area contributed by atoms with Crippen molar-refractivity contribution in [1.29, 1.82) is 0 Å². The number of hydrogen-bond donors (Lipinski definition) is 3. The van der Waals surface area contributed by atoms with Gasteiger partial charge in [0.2, 0.25) is 0 Å². The number of urea groups is 1. The zero-order valence-corrected chi connectivity index (χ0v) is 27.0. The van der Waals surface area contributed by atoms with Crippen LogP contribution in [-0.4, -0.2) is 48.7 Å². The number of fused-ring (bicyclic) bond motifs is 2. The third kappa shape index (κ3) is 7.55. The summed E-state index contributed by atoms with van der Waals surface area (Å²) in [5, 5.41) is 20.0. The van der Waals surface area contributed by atoms with E-state index in [1.54, 1.807) is 21.1 Å². The SMILES string of the molecule is COc1cccc(CN2CCc3cc(C(C)N(O)C(N)=O)ccc32)c1.COc1cccc(CN2CCc3cc(C(C)O)ccc32)c1. The fourth-order valence-corrected chi connectivity index (χ4v) is 6.14. The van der Waals surface area contributed by atoms with Crippen molar-refractivity contribution in [1.82, 2.24) is 5.06 Å². The van der Waals surface area contributed by atoms with E-state index in [1.807, 2.05) is 61.5 Å². The van der Waals surface area contributed by atoms with Crippen molar-refractivity contribution in [3.8, 4) is 11.5 Å². The van der Waals surface area contributed by atoms with Gasteiger partial charge in [-0.05, 0) is 96.5 Å². The summed E-state index contributed by atoms with van der Waals surface area (Å²) in [5.41, 5.74) is 14.5. The highest BCUT2D eigenvalue weighted by Gasteiger charge is 2.23. The quantitative estimate of drug-likeness (QED) is 0.146. The minimum absolute atomic E-state index is 0.400. The standard InChI is InChI=1S/C19H23N3O3.C18H21NO2/c1-13(22(24)19(20)23)15-6-7-18-16(11-15)8-9-21(18)12-14-4-3-5-17(10-14)25-2;1-13(20)15-6-7-18-16(11-15)8-9-19(18)12-14-4-3-5-17(10-14)21-2/h3-7,10-11,13,24H,8-9,12H2,1-2H3,(H2,20,23);3-7,10-11,13,20H,8-9,12H2,1-2H3. The number of rotatable bonds is 9. The van der Waals surface area contributed by atoms with Crippen molar-refractivity contribution in [2.75, 3.05) is 37.1 Å². The number of ether oxygens (including phenoxy) is 2. The molecule has 2 atom stereocenters. The third-order valence-electron chi connectivity index (χ3n) is 8.76. The smallest absolute Gasteiger partial charge is 0.339 e. The summed E-state index contributed by atoms with van der Waals surface area (Å²) < 4.78 is 10.6. The number of amides is 2. The lowest BCUT2D eigenvalue weighted by atomic mass is 10.0. The van der Waals surface area contributed by atoms with Gasteiger partial charge in [0.25, 0.3) is 0 Å². The van der Waals surface area contributed by atoms with Crippen LogP contribution in [0.3, 0.4) is 0 Å². The molecule has 4 N–H and O–H groups in total. The topological polar surface area (TPSA) is 112 Å². The molecule has 0 radical (unpaired) electrons. The highest BCUT2D eigenvalue weighted by molar-refractivity contribution is 5.71. The number of nitrogens with two attached hydrogens (primary N) is 1. The monoisotopic (exact) mass is 624 g/mol. The predicted molar refractivity (Wildman–Crippen MR) is 181 cm³/mol. The van der Waals surface area contributed by atoms with E-state index in [-0.39, 0.29) is 0 Å². The molecule has 0 bridgehead atoms. The number of hydroxylamine groups is 2. The second kappa shape index (κ2) is 14.6. The fourth-order valence-electron chi connectivity index (χ4n) is 6.14. The van der Waals surface area contributed by atoms with Gasteiger partial charge in [0.1, 0.15) is 11.5 Å². The number of hydrogen-bond acceptors (Lipinski definition) is 7. The van der Waals surface area contributed by atoms with Crippen LogP contribution in [0.15, 0.2) is 84.9 Å². The zero-order chi connectivity index (χ0) is 32.8. The van der Waals surface area contributed by atoms with E-state index >= 15 is 0 Å². The largest absolute Gasteiger partial charge is 0.497 e. The average Bonchev–Trinajstić information content (AvgIpc) is 3.67. The number of carbonyl (C=O) groups is 1. The predicted octanol–water partition coefficient (Wildman–Crippen LogP) is 6.40. The molecule has 2 aliphatic rings. The molecule has 9 heteroatoms.